The molecule has 2 fully saturated rings. The molecule has 194 valence electrons. The van der Waals surface area contributed by atoms with Crippen LogP contribution in [0.1, 0.15) is 12.8 Å². The van der Waals surface area contributed by atoms with Crippen LogP contribution >= 0.6 is 11.6 Å². The SMILES string of the molecule is CN1CCN(CC=CC(=O)Nc2cc3c(Nc4ccc(F)c(Cl)c4)ncnc3cc2OCC2CC2)CC1. The lowest BCUT2D eigenvalue weighted by molar-refractivity contribution is -0.111. The maximum atomic E-state index is 13.6. The third-order valence-corrected chi connectivity index (χ3v) is 6.87. The number of benzene rings is 2. The van der Waals surface area contributed by atoms with Crippen LogP contribution in [0.15, 0.2) is 48.8 Å². The Morgan fingerprint density at radius 2 is 2.00 bits per heavy atom. The number of halogens is 2. The van der Waals surface area contributed by atoms with Crippen LogP contribution < -0.4 is 15.4 Å². The average Bonchev–Trinajstić information content (AvgIpc) is 3.71. The number of fused-ring (bicyclic) bond motifs is 1. The second-order valence-electron chi connectivity index (χ2n) is 9.59. The van der Waals surface area contributed by atoms with Crippen LogP contribution in [0.3, 0.4) is 0 Å². The monoisotopic (exact) mass is 524 g/mol. The molecule has 1 aliphatic heterocycles. The molecule has 2 aromatic carbocycles. The number of piperazine rings is 1. The Bertz CT molecular complexity index is 1310. The normalized spacial score (nSPS) is 16.8. The Morgan fingerprint density at radius 1 is 1.19 bits per heavy atom. The van der Waals surface area contributed by atoms with Gasteiger partial charge in [0.1, 0.15) is 23.7 Å². The van der Waals surface area contributed by atoms with Gasteiger partial charge in [-0.15, -0.1) is 0 Å². The molecular formula is C27H30ClFN6O2. The summed E-state index contributed by atoms with van der Waals surface area (Å²) in [6.45, 7) is 5.36. The number of hydrogen-bond donors (Lipinski definition) is 2. The van der Waals surface area contributed by atoms with E-state index in [2.05, 4.69) is 37.4 Å². The molecule has 0 bridgehead atoms. The number of hydrogen-bond acceptors (Lipinski definition) is 7. The van der Waals surface area contributed by atoms with Crippen LogP contribution in [0.5, 0.6) is 5.75 Å². The van der Waals surface area contributed by atoms with Crippen LogP contribution in [0, 0.1) is 11.7 Å². The van der Waals surface area contributed by atoms with Crippen molar-refractivity contribution in [2.24, 2.45) is 5.92 Å². The zero-order valence-corrected chi connectivity index (χ0v) is 21.5. The summed E-state index contributed by atoms with van der Waals surface area (Å²) in [7, 11) is 2.12. The maximum absolute atomic E-state index is 13.6. The zero-order chi connectivity index (χ0) is 25.8. The van der Waals surface area contributed by atoms with Gasteiger partial charge in [0.05, 0.1) is 22.8 Å². The quantitative estimate of drug-likeness (QED) is 0.393. The first-order valence-electron chi connectivity index (χ1n) is 12.5. The lowest BCUT2D eigenvalue weighted by atomic mass is 10.1. The molecular weight excluding hydrogens is 495 g/mol. The summed E-state index contributed by atoms with van der Waals surface area (Å²) in [5, 5.41) is 6.83. The number of nitrogens with zero attached hydrogens (tertiary/aromatic N) is 4. The van der Waals surface area contributed by atoms with Crippen molar-refractivity contribution in [1.82, 2.24) is 19.8 Å². The van der Waals surface area contributed by atoms with E-state index in [0.717, 1.165) is 45.6 Å². The molecule has 0 unspecified atom stereocenters. The maximum Gasteiger partial charge on any atom is 0.248 e. The van der Waals surface area contributed by atoms with Gasteiger partial charge in [0.15, 0.2) is 0 Å². The van der Waals surface area contributed by atoms with Crippen molar-refractivity contribution in [3.8, 4) is 5.75 Å². The topological polar surface area (TPSA) is 82.6 Å². The second kappa shape index (κ2) is 11.4. The minimum atomic E-state index is -0.497. The molecule has 1 saturated heterocycles. The van der Waals surface area contributed by atoms with E-state index in [1.807, 2.05) is 12.1 Å². The molecule has 3 aromatic rings. The van der Waals surface area contributed by atoms with Crippen molar-refractivity contribution in [2.75, 3.05) is 57.0 Å². The number of nitrogens with one attached hydrogen (secondary N) is 2. The van der Waals surface area contributed by atoms with E-state index < -0.39 is 5.82 Å². The Kier molecular flexibility index (Phi) is 7.83. The lowest BCUT2D eigenvalue weighted by Gasteiger charge is -2.31. The lowest BCUT2D eigenvalue weighted by Crippen LogP contribution is -2.44. The molecule has 0 spiro atoms. The summed E-state index contributed by atoms with van der Waals surface area (Å²) in [5.74, 6) is 0.884. The highest BCUT2D eigenvalue weighted by molar-refractivity contribution is 6.31. The van der Waals surface area contributed by atoms with E-state index in [1.54, 1.807) is 18.2 Å². The third kappa shape index (κ3) is 6.74. The number of likely N-dealkylation sites (N-methyl/N-ethyl adjacent to an activating group) is 1. The van der Waals surface area contributed by atoms with Gasteiger partial charge in [-0.3, -0.25) is 9.69 Å². The molecule has 5 rings (SSSR count). The Morgan fingerprint density at radius 3 is 2.76 bits per heavy atom. The molecule has 0 atom stereocenters. The highest BCUT2D eigenvalue weighted by Gasteiger charge is 2.23. The van der Waals surface area contributed by atoms with Gasteiger partial charge in [0, 0.05) is 55.9 Å². The number of carbonyl (C=O) groups excluding carboxylic acids is 1. The summed E-state index contributed by atoms with van der Waals surface area (Å²) in [6, 6.07) is 7.98. The van der Waals surface area contributed by atoms with Crippen molar-refractivity contribution in [1.29, 1.82) is 0 Å². The summed E-state index contributed by atoms with van der Waals surface area (Å²) in [4.78, 5) is 26.2. The fourth-order valence-corrected chi connectivity index (χ4v) is 4.30. The van der Waals surface area contributed by atoms with Crippen LogP contribution in [0.2, 0.25) is 5.02 Å². The molecule has 1 aromatic heterocycles. The first-order chi connectivity index (χ1) is 17.9. The molecule has 2 heterocycles. The molecule has 2 aliphatic rings. The van der Waals surface area contributed by atoms with Gasteiger partial charge in [0.2, 0.25) is 5.91 Å². The number of rotatable bonds is 9. The highest BCUT2D eigenvalue weighted by Crippen LogP contribution is 2.36. The van der Waals surface area contributed by atoms with Gasteiger partial charge in [-0.2, -0.15) is 0 Å². The van der Waals surface area contributed by atoms with Gasteiger partial charge in [0.25, 0.3) is 0 Å². The first-order valence-corrected chi connectivity index (χ1v) is 12.8. The van der Waals surface area contributed by atoms with E-state index in [4.69, 9.17) is 16.3 Å². The van der Waals surface area contributed by atoms with Crippen LogP contribution in [-0.4, -0.2) is 72.1 Å². The number of anilines is 3. The predicted octanol–water partition coefficient (Wildman–Crippen LogP) is 4.70. The molecule has 37 heavy (non-hydrogen) atoms. The molecule has 8 nitrogen and oxygen atoms in total. The third-order valence-electron chi connectivity index (χ3n) is 6.58. The fourth-order valence-electron chi connectivity index (χ4n) is 4.12. The number of ether oxygens (including phenoxy) is 1. The Balaban J connectivity index is 1.36. The van der Waals surface area contributed by atoms with Gasteiger partial charge in [-0.25, -0.2) is 14.4 Å². The van der Waals surface area contributed by atoms with Crippen LogP contribution in [0.4, 0.5) is 21.6 Å². The minimum absolute atomic E-state index is 0.00966. The van der Waals surface area contributed by atoms with Gasteiger partial charge < -0.3 is 20.3 Å². The van der Waals surface area contributed by atoms with E-state index >= 15 is 0 Å². The predicted molar refractivity (Wildman–Crippen MR) is 144 cm³/mol. The molecule has 2 N–H and O–H groups in total. The van der Waals surface area contributed by atoms with Crippen LogP contribution in [0.25, 0.3) is 10.9 Å². The molecule has 0 radical (unpaired) electrons. The van der Waals surface area contributed by atoms with Crippen molar-refractivity contribution < 1.29 is 13.9 Å². The number of carbonyl (C=O) groups is 1. The molecule has 10 heteroatoms. The number of aromatic nitrogens is 2. The Hall–Kier alpha value is -3.27. The summed E-state index contributed by atoms with van der Waals surface area (Å²) in [6.07, 6.45) is 7.20. The fraction of sp³-hybridized carbons (Fsp3) is 0.370. The van der Waals surface area contributed by atoms with E-state index in [-0.39, 0.29) is 10.9 Å². The Labute approximate surface area is 220 Å². The minimum Gasteiger partial charge on any atom is -0.491 e. The van der Waals surface area contributed by atoms with Gasteiger partial charge >= 0.3 is 0 Å². The summed E-state index contributed by atoms with van der Waals surface area (Å²) >= 11 is 5.94. The van der Waals surface area contributed by atoms with Crippen molar-refractivity contribution >= 4 is 45.6 Å². The summed E-state index contributed by atoms with van der Waals surface area (Å²) < 4.78 is 19.7. The highest BCUT2D eigenvalue weighted by atomic mass is 35.5. The van der Waals surface area contributed by atoms with Crippen molar-refractivity contribution in [3.05, 3.63) is 59.7 Å². The van der Waals surface area contributed by atoms with E-state index in [0.29, 0.717) is 46.4 Å². The standard InChI is InChI=1S/C27H30ClFN6O2/c1-34-9-11-35(12-10-34)8-2-3-26(36)33-24-14-20-23(15-25(24)37-16-18-4-5-18)30-17-31-27(20)32-19-6-7-22(29)21(28)13-19/h2-3,6-7,13-15,17-18H,4-5,8-12,16H2,1H3,(H,33,36)(H,30,31,32). The first kappa shape index (κ1) is 25.4. The smallest absolute Gasteiger partial charge is 0.248 e. The van der Waals surface area contributed by atoms with Gasteiger partial charge in [-0.05, 0) is 50.1 Å². The van der Waals surface area contributed by atoms with Gasteiger partial charge in [-0.1, -0.05) is 17.7 Å². The van der Waals surface area contributed by atoms with Crippen molar-refractivity contribution in [3.63, 3.8) is 0 Å². The van der Waals surface area contributed by atoms with E-state index in [9.17, 15) is 9.18 Å². The number of amides is 1. The second-order valence-corrected chi connectivity index (χ2v) is 10.00. The molecule has 1 amide bonds. The summed E-state index contributed by atoms with van der Waals surface area (Å²) in [5.41, 5.74) is 1.77. The van der Waals surface area contributed by atoms with Crippen LogP contribution in [-0.2, 0) is 4.79 Å². The molecule has 1 saturated carbocycles. The van der Waals surface area contributed by atoms with E-state index in [1.165, 1.54) is 18.5 Å². The van der Waals surface area contributed by atoms with Crippen molar-refractivity contribution in [2.45, 2.75) is 12.8 Å². The largest absolute Gasteiger partial charge is 0.491 e. The molecule has 1 aliphatic carbocycles. The zero-order valence-electron chi connectivity index (χ0n) is 20.7. The average molecular weight is 525 g/mol.